The fourth-order valence-corrected chi connectivity index (χ4v) is 4.21. The van der Waals surface area contributed by atoms with E-state index in [0.717, 1.165) is 44.6 Å². The molecule has 3 heterocycles. The van der Waals surface area contributed by atoms with Gasteiger partial charge in [0, 0.05) is 49.7 Å². The summed E-state index contributed by atoms with van der Waals surface area (Å²) in [6.45, 7) is 7.62. The number of carbonyl (C=O) groups is 1. The zero-order valence-electron chi connectivity index (χ0n) is 17.9. The van der Waals surface area contributed by atoms with E-state index in [1.807, 2.05) is 6.07 Å². The number of benzene rings is 1. The van der Waals surface area contributed by atoms with Crippen molar-refractivity contribution in [3.63, 3.8) is 0 Å². The van der Waals surface area contributed by atoms with Gasteiger partial charge in [0.25, 0.3) is 0 Å². The van der Waals surface area contributed by atoms with E-state index in [4.69, 9.17) is 0 Å². The van der Waals surface area contributed by atoms with Gasteiger partial charge in [0.15, 0.2) is 0 Å². The first-order valence-electron chi connectivity index (χ1n) is 10.7. The Bertz CT molecular complexity index is 924. The highest BCUT2D eigenvalue weighted by atomic mass is 19.1. The van der Waals surface area contributed by atoms with Gasteiger partial charge in [-0.2, -0.15) is 4.98 Å². The summed E-state index contributed by atoms with van der Waals surface area (Å²) in [4.78, 5) is 27.5. The number of carbonyl (C=O) groups excluding carboxylic acids is 1. The second-order valence-electron chi connectivity index (χ2n) is 8.03. The van der Waals surface area contributed by atoms with E-state index in [-0.39, 0.29) is 17.8 Å². The summed E-state index contributed by atoms with van der Waals surface area (Å²) in [5.74, 6) is 0.833. The molecule has 0 saturated carbocycles. The van der Waals surface area contributed by atoms with Gasteiger partial charge in [-0.1, -0.05) is 13.8 Å². The van der Waals surface area contributed by atoms with Crippen molar-refractivity contribution in [1.29, 1.82) is 0 Å². The molecule has 2 aliphatic heterocycles. The van der Waals surface area contributed by atoms with Gasteiger partial charge in [0.2, 0.25) is 11.9 Å². The Labute approximate surface area is 176 Å². The van der Waals surface area contributed by atoms with Crippen LogP contribution in [-0.2, 0) is 11.2 Å². The number of piperazine rings is 1. The number of rotatable bonds is 6. The average Bonchev–Trinajstić information content (AvgIpc) is 3.06. The first kappa shape index (κ1) is 20.5. The van der Waals surface area contributed by atoms with Crippen LogP contribution in [0.4, 0.5) is 27.5 Å². The molecule has 0 radical (unpaired) electrons. The fraction of sp³-hybridized carbons (Fsp3) is 0.500. The molecule has 2 aliphatic rings. The largest absolute Gasteiger partial charge is 0.367 e. The minimum atomic E-state index is -0.264. The number of anilines is 4. The Morgan fingerprint density at radius 3 is 2.57 bits per heavy atom. The summed E-state index contributed by atoms with van der Waals surface area (Å²) in [5, 5.41) is 3.10. The van der Waals surface area contributed by atoms with Gasteiger partial charge in [-0.05, 0) is 38.1 Å². The molecule has 0 bridgehead atoms. The minimum absolute atomic E-state index is 0.0627. The number of likely N-dealkylation sites (N-methyl/N-ethyl adjacent to an activating group) is 1. The Morgan fingerprint density at radius 1 is 1.17 bits per heavy atom. The zero-order valence-corrected chi connectivity index (χ0v) is 17.9. The van der Waals surface area contributed by atoms with Crippen LogP contribution in [0.3, 0.4) is 0 Å². The number of amides is 1. The number of aromatic nitrogens is 2. The van der Waals surface area contributed by atoms with Crippen molar-refractivity contribution in [2.75, 3.05) is 48.3 Å². The summed E-state index contributed by atoms with van der Waals surface area (Å²) in [6.07, 6.45) is 3.77. The monoisotopic (exact) mass is 412 g/mol. The van der Waals surface area contributed by atoms with Gasteiger partial charge in [-0.3, -0.25) is 9.69 Å². The zero-order chi connectivity index (χ0) is 21.3. The van der Waals surface area contributed by atoms with Crippen LogP contribution in [0.25, 0.3) is 0 Å². The second-order valence-corrected chi connectivity index (χ2v) is 8.03. The van der Waals surface area contributed by atoms with Gasteiger partial charge >= 0.3 is 0 Å². The molecule has 1 amide bonds. The van der Waals surface area contributed by atoms with E-state index in [1.54, 1.807) is 17.2 Å². The first-order chi connectivity index (χ1) is 14.5. The molecule has 4 rings (SSSR count). The average molecular weight is 413 g/mol. The van der Waals surface area contributed by atoms with Crippen molar-refractivity contribution in [2.24, 2.45) is 0 Å². The van der Waals surface area contributed by atoms with Gasteiger partial charge in [-0.15, -0.1) is 0 Å². The van der Waals surface area contributed by atoms with E-state index in [9.17, 15) is 9.18 Å². The molecule has 1 fully saturated rings. The lowest BCUT2D eigenvalue weighted by Gasteiger charge is -2.34. The maximum atomic E-state index is 14.8. The molecule has 7 nitrogen and oxygen atoms in total. The normalized spacial score (nSPS) is 17.0. The molecule has 1 aromatic heterocycles. The Balaban J connectivity index is 1.53. The number of hydrogen-bond acceptors (Lipinski definition) is 6. The van der Waals surface area contributed by atoms with Crippen molar-refractivity contribution >= 4 is 29.0 Å². The van der Waals surface area contributed by atoms with E-state index in [1.165, 1.54) is 6.07 Å². The predicted molar refractivity (Wildman–Crippen MR) is 117 cm³/mol. The maximum absolute atomic E-state index is 14.8. The van der Waals surface area contributed by atoms with Crippen molar-refractivity contribution in [3.05, 3.63) is 35.8 Å². The van der Waals surface area contributed by atoms with Gasteiger partial charge in [0.05, 0.1) is 12.1 Å². The van der Waals surface area contributed by atoms with Crippen LogP contribution in [0.5, 0.6) is 0 Å². The topological polar surface area (TPSA) is 64.6 Å². The van der Waals surface area contributed by atoms with E-state index >= 15 is 0 Å². The second kappa shape index (κ2) is 8.55. The molecule has 0 spiro atoms. The van der Waals surface area contributed by atoms with Gasteiger partial charge in [0.1, 0.15) is 11.6 Å². The molecule has 8 heteroatoms. The Kier molecular flexibility index (Phi) is 5.85. The first-order valence-corrected chi connectivity index (χ1v) is 10.7. The molecule has 0 unspecified atom stereocenters. The quantitative estimate of drug-likeness (QED) is 0.786. The van der Waals surface area contributed by atoms with Crippen molar-refractivity contribution in [2.45, 2.75) is 39.2 Å². The lowest BCUT2D eigenvalue weighted by molar-refractivity contribution is -0.117. The smallest absolute Gasteiger partial charge is 0.233 e. The molecule has 160 valence electrons. The standard InChI is InChI=1S/C22H29FN6O/c1-4-17(5-2)29-20(30)12-15-14-24-22(26-21(15)29)25-16-6-7-19(18(23)13-16)28-10-8-27(3)9-11-28/h6-7,13-14,17H,4-5,8-12H2,1-3H3,(H,24,25,26). The lowest BCUT2D eigenvalue weighted by atomic mass is 10.1. The van der Waals surface area contributed by atoms with Crippen molar-refractivity contribution in [1.82, 2.24) is 14.9 Å². The summed E-state index contributed by atoms with van der Waals surface area (Å²) < 4.78 is 14.8. The minimum Gasteiger partial charge on any atom is -0.367 e. The van der Waals surface area contributed by atoms with Crippen molar-refractivity contribution < 1.29 is 9.18 Å². The number of fused-ring (bicyclic) bond motifs is 1. The Morgan fingerprint density at radius 2 is 1.90 bits per heavy atom. The predicted octanol–water partition coefficient (Wildman–Crippen LogP) is 3.19. The van der Waals surface area contributed by atoms with Crippen LogP contribution in [0.1, 0.15) is 32.3 Å². The van der Waals surface area contributed by atoms with Crippen LogP contribution >= 0.6 is 0 Å². The van der Waals surface area contributed by atoms with Crippen LogP contribution in [0.15, 0.2) is 24.4 Å². The summed E-state index contributed by atoms with van der Waals surface area (Å²) in [6, 6.07) is 5.25. The third kappa shape index (κ3) is 3.96. The van der Waals surface area contributed by atoms with Gasteiger partial charge in [-0.25, -0.2) is 9.37 Å². The molecule has 1 saturated heterocycles. The van der Waals surface area contributed by atoms with Gasteiger partial charge < -0.3 is 15.1 Å². The lowest BCUT2D eigenvalue weighted by Crippen LogP contribution is -2.44. The third-order valence-corrected chi connectivity index (χ3v) is 6.04. The van der Waals surface area contributed by atoms with E-state index in [0.29, 0.717) is 29.6 Å². The van der Waals surface area contributed by atoms with Crippen LogP contribution < -0.4 is 15.1 Å². The summed E-state index contributed by atoms with van der Waals surface area (Å²) >= 11 is 0. The number of nitrogens with zero attached hydrogens (tertiary/aromatic N) is 5. The molecule has 1 aromatic carbocycles. The summed E-state index contributed by atoms with van der Waals surface area (Å²) in [7, 11) is 2.08. The fourth-order valence-electron chi connectivity index (χ4n) is 4.21. The van der Waals surface area contributed by atoms with Crippen LogP contribution in [0.2, 0.25) is 0 Å². The summed E-state index contributed by atoms with van der Waals surface area (Å²) in [5.41, 5.74) is 2.05. The maximum Gasteiger partial charge on any atom is 0.233 e. The van der Waals surface area contributed by atoms with E-state index < -0.39 is 0 Å². The van der Waals surface area contributed by atoms with Crippen LogP contribution in [0, 0.1) is 5.82 Å². The number of nitrogens with one attached hydrogen (secondary N) is 1. The molecular formula is C22H29FN6O. The van der Waals surface area contributed by atoms with Crippen LogP contribution in [-0.4, -0.2) is 60.0 Å². The highest BCUT2D eigenvalue weighted by Gasteiger charge is 2.33. The number of halogens is 1. The number of hydrogen-bond donors (Lipinski definition) is 1. The molecule has 0 atom stereocenters. The van der Waals surface area contributed by atoms with Crippen molar-refractivity contribution in [3.8, 4) is 0 Å². The third-order valence-electron chi connectivity index (χ3n) is 6.04. The van der Waals surface area contributed by atoms with E-state index in [2.05, 4.69) is 46.0 Å². The molecule has 30 heavy (non-hydrogen) atoms. The molecule has 1 N–H and O–H groups in total. The highest BCUT2D eigenvalue weighted by molar-refractivity contribution is 6.00. The highest BCUT2D eigenvalue weighted by Crippen LogP contribution is 2.32. The SMILES string of the molecule is CCC(CC)N1C(=O)Cc2cnc(Nc3ccc(N4CCN(C)CC4)c(F)c3)nc21. The molecule has 0 aliphatic carbocycles. The Hall–Kier alpha value is -2.74. The molecular weight excluding hydrogens is 383 g/mol. The molecule has 2 aromatic rings.